The minimum atomic E-state index is -0.773. The first-order valence-electron chi connectivity index (χ1n) is 4.82. The highest BCUT2D eigenvalue weighted by atomic mass is 16.7. The van der Waals surface area contributed by atoms with Crippen LogP contribution in [0.25, 0.3) is 0 Å². The van der Waals surface area contributed by atoms with Gasteiger partial charge in [-0.05, 0) is 0 Å². The van der Waals surface area contributed by atoms with E-state index in [0.717, 1.165) is 0 Å². The van der Waals surface area contributed by atoms with Gasteiger partial charge in [-0.15, -0.1) is 0 Å². The van der Waals surface area contributed by atoms with Crippen molar-refractivity contribution < 1.29 is 24.5 Å². The molecule has 0 aromatic heterocycles. The van der Waals surface area contributed by atoms with Crippen LogP contribution in [-0.2, 0) is 14.3 Å². The molecular weight excluding hydrogens is 202 g/mol. The molecule has 0 radical (unpaired) electrons. The lowest BCUT2D eigenvalue weighted by molar-refractivity contribution is -0.226. The van der Waals surface area contributed by atoms with Crippen molar-refractivity contribution >= 4 is 5.91 Å². The van der Waals surface area contributed by atoms with Crippen molar-refractivity contribution in [1.29, 1.82) is 0 Å². The molecule has 1 rings (SSSR count). The minimum absolute atomic E-state index is 0.177. The van der Waals surface area contributed by atoms with Crippen LogP contribution in [0.1, 0.15) is 13.3 Å². The molecule has 1 aliphatic heterocycles. The molecule has 3 N–H and O–H groups in total. The average molecular weight is 219 g/mol. The summed E-state index contributed by atoms with van der Waals surface area (Å²) in [6, 6.07) is -0.588. The first-order chi connectivity index (χ1) is 7.08. The van der Waals surface area contributed by atoms with Gasteiger partial charge in [0.1, 0.15) is 6.04 Å². The Morgan fingerprint density at radius 1 is 1.67 bits per heavy atom. The zero-order valence-corrected chi connectivity index (χ0v) is 8.84. The molecule has 0 saturated carbocycles. The summed E-state index contributed by atoms with van der Waals surface area (Å²) in [6.07, 6.45) is -1.67. The Kier molecular flexibility index (Phi) is 4.46. The standard InChI is InChI=1S/C9H17NO5/c1-5(12)10-8-7(13)3-6(4-11)15-9(8)14-2/h6-9,11,13H,3-4H2,1-2H3,(H,10,12)/t6-,7-,8+,9+/m0/s1. The van der Waals surface area contributed by atoms with E-state index in [2.05, 4.69) is 5.32 Å². The molecule has 0 bridgehead atoms. The smallest absolute Gasteiger partial charge is 0.217 e. The maximum atomic E-state index is 10.9. The molecule has 4 atom stereocenters. The normalized spacial score (nSPS) is 36.3. The molecule has 6 nitrogen and oxygen atoms in total. The summed E-state index contributed by atoms with van der Waals surface area (Å²) in [4.78, 5) is 10.9. The first kappa shape index (κ1) is 12.4. The van der Waals surface area contributed by atoms with E-state index in [1.54, 1.807) is 0 Å². The third-order valence-corrected chi connectivity index (χ3v) is 2.34. The highest BCUT2D eigenvalue weighted by molar-refractivity contribution is 5.73. The fourth-order valence-electron chi connectivity index (χ4n) is 1.65. The van der Waals surface area contributed by atoms with E-state index in [9.17, 15) is 9.90 Å². The second kappa shape index (κ2) is 5.41. The molecule has 88 valence electrons. The first-order valence-corrected chi connectivity index (χ1v) is 4.82. The van der Waals surface area contributed by atoms with E-state index < -0.39 is 24.5 Å². The van der Waals surface area contributed by atoms with E-state index in [1.165, 1.54) is 14.0 Å². The van der Waals surface area contributed by atoms with Crippen molar-refractivity contribution in [1.82, 2.24) is 5.32 Å². The van der Waals surface area contributed by atoms with Crippen molar-refractivity contribution in [3.05, 3.63) is 0 Å². The van der Waals surface area contributed by atoms with Gasteiger partial charge in [0.05, 0.1) is 18.8 Å². The van der Waals surface area contributed by atoms with Gasteiger partial charge in [0.2, 0.25) is 5.91 Å². The van der Waals surface area contributed by atoms with E-state index in [0.29, 0.717) is 0 Å². The van der Waals surface area contributed by atoms with Crippen molar-refractivity contribution in [2.24, 2.45) is 0 Å². The highest BCUT2D eigenvalue weighted by Gasteiger charge is 2.38. The van der Waals surface area contributed by atoms with Gasteiger partial charge < -0.3 is 25.0 Å². The van der Waals surface area contributed by atoms with Crippen LogP contribution < -0.4 is 5.32 Å². The van der Waals surface area contributed by atoms with Gasteiger partial charge in [-0.1, -0.05) is 0 Å². The van der Waals surface area contributed by atoms with Crippen molar-refractivity contribution in [3.8, 4) is 0 Å². The molecule has 0 aromatic carbocycles. The summed E-state index contributed by atoms with van der Waals surface area (Å²) in [5, 5.41) is 21.2. The van der Waals surface area contributed by atoms with Crippen LogP contribution in [0.2, 0.25) is 0 Å². The summed E-state index contributed by atoms with van der Waals surface area (Å²) < 4.78 is 10.3. The van der Waals surface area contributed by atoms with Crippen LogP contribution in [0.15, 0.2) is 0 Å². The number of carbonyl (C=O) groups excluding carboxylic acids is 1. The largest absolute Gasteiger partial charge is 0.394 e. The Labute approximate surface area is 88.2 Å². The molecule has 15 heavy (non-hydrogen) atoms. The van der Waals surface area contributed by atoms with Gasteiger partial charge in [0, 0.05) is 20.5 Å². The van der Waals surface area contributed by atoms with Crippen LogP contribution in [0, 0.1) is 0 Å². The third kappa shape index (κ3) is 3.13. The van der Waals surface area contributed by atoms with Crippen LogP contribution >= 0.6 is 0 Å². The molecular formula is C9H17NO5. The lowest BCUT2D eigenvalue weighted by Crippen LogP contribution is -2.57. The zero-order chi connectivity index (χ0) is 11.4. The fourth-order valence-corrected chi connectivity index (χ4v) is 1.65. The fraction of sp³-hybridized carbons (Fsp3) is 0.889. The second-order valence-corrected chi connectivity index (χ2v) is 3.57. The van der Waals surface area contributed by atoms with Crippen LogP contribution in [0.3, 0.4) is 0 Å². The highest BCUT2D eigenvalue weighted by Crippen LogP contribution is 2.20. The number of amides is 1. The van der Waals surface area contributed by atoms with Crippen LogP contribution in [0.5, 0.6) is 0 Å². The van der Waals surface area contributed by atoms with Crippen molar-refractivity contribution in [2.45, 2.75) is 37.9 Å². The lowest BCUT2D eigenvalue weighted by Gasteiger charge is -2.38. The van der Waals surface area contributed by atoms with Crippen molar-refractivity contribution in [2.75, 3.05) is 13.7 Å². The lowest BCUT2D eigenvalue weighted by atomic mass is 10.0. The Bertz CT molecular complexity index is 223. The maximum Gasteiger partial charge on any atom is 0.217 e. The molecule has 0 aliphatic carbocycles. The molecule has 1 heterocycles. The second-order valence-electron chi connectivity index (χ2n) is 3.57. The molecule has 6 heteroatoms. The van der Waals surface area contributed by atoms with Gasteiger partial charge >= 0.3 is 0 Å². The van der Waals surface area contributed by atoms with Gasteiger partial charge in [-0.3, -0.25) is 4.79 Å². The minimum Gasteiger partial charge on any atom is -0.394 e. The summed E-state index contributed by atoms with van der Waals surface area (Å²) in [5.41, 5.74) is 0. The molecule has 0 unspecified atom stereocenters. The summed E-state index contributed by atoms with van der Waals surface area (Å²) in [6.45, 7) is 1.18. The predicted octanol–water partition coefficient (Wildman–Crippen LogP) is -1.39. The van der Waals surface area contributed by atoms with E-state index >= 15 is 0 Å². The molecule has 1 saturated heterocycles. The average Bonchev–Trinajstić information content (AvgIpc) is 2.20. The van der Waals surface area contributed by atoms with E-state index in [1.807, 2.05) is 0 Å². The summed E-state index contributed by atoms with van der Waals surface area (Å²) in [5.74, 6) is -0.257. The van der Waals surface area contributed by atoms with Gasteiger partial charge in [0.25, 0.3) is 0 Å². The Balaban J connectivity index is 2.64. The molecule has 1 amide bonds. The number of nitrogens with one attached hydrogen (secondary N) is 1. The Hall–Kier alpha value is -0.690. The number of aliphatic hydroxyl groups is 2. The molecule has 0 aromatic rings. The van der Waals surface area contributed by atoms with Crippen LogP contribution in [0.4, 0.5) is 0 Å². The van der Waals surface area contributed by atoms with Gasteiger partial charge in [-0.25, -0.2) is 0 Å². The number of hydrogen-bond donors (Lipinski definition) is 3. The zero-order valence-electron chi connectivity index (χ0n) is 8.84. The molecule has 1 fully saturated rings. The number of rotatable bonds is 3. The summed E-state index contributed by atoms with van der Waals surface area (Å²) in [7, 11) is 1.42. The van der Waals surface area contributed by atoms with Crippen LogP contribution in [-0.4, -0.2) is 54.4 Å². The Morgan fingerprint density at radius 2 is 2.33 bits per heavy atom. The monoisotopic (exact) mass is 219 g/mol. The topological polar surface area (TPSA) is 88.0 Å². The summed E-state index contributed by atoms with van der Waals surface area (Å²) >= 11 is 0. The Morgan fingerprint density at radius 3 is 2.80 bits per heavy atom. The predicted molar refractivity (Wildman–Crippen MR) is 51.0 cm³/mol. The molecule has 1 aliphatic rings. The van der Waals surface area contributed by atoms with Gasteiger partial charge in [-0.2, -0.15) is 0 Å². The van der Waals surface area contributed by atoms with E-state index in [4.69, 9.17) is 14.6 Å². The number of aliphatic hydroxyl groups excluding tert-OH is 2. The van der Waals surface area contributed by atoms with E-state index in [-0.39, 0.29) is 18.9 Å². The quantitative estimate of drug-likeness (QED) is 0.543. The van der Waals surface area contributed by atoms with Crippen molar-refractivity contribution in [3.63, 3.8) is 0 Å². The number of ether oxygens (including phenoxy) is 2. The number of carbonyl (C=O) groups is 1. The SMILES string of the molecule is CO[C@@H]1O[C@H](CO)C[C@H](O)[C@H]1NC(C)=O. The maximum absolute atomic E-state index is 10.9. The molecule has 0 spiro atoms. The third-order valence-electron chi connectivity index (χ3n) is 2.34. The number of methoxy groups -OCH3 is 1. The number of hydrogen-bond acceptors (Lipinski definition) is 5. The van der Waals surface area contributed by atoms with Gasteiger partial charge in [0.15, 0.2) is 6.29 Å².